The lowest BCUT2D eigenvalue weighted by Gasteiger charge is -2.10. The largest absolute Gasteiger partial charge is 0.339 e. The Morgan fingerprint density at radius 1 is 1.33 bits per heavy atom. The van der Waals surface area contributed by atoms with Gasteiger partial charge in [-0.2, -0.15) is 0 Å². The highest BCUT2D eigenvalue weighted by Gasteiger charge is 2.07. The second-order valence-corrected chi connectivity index (χ2v) is 5.10. The van der Waals surface area contributed by atoms with E-state index in [4.69, 9.17) is 11.6 Å². The quantitative estimate of drug-likeness (QED) is 0.843. The Kier molecular flexibility index (Phi) is 4.19. The topological polar surface area (TPSA) is 37.8 Å². The Bertz CT molecular complexity index is 572. The van der Waals surface area contributed by atoms with E-state index in [9.17, 15) is 0 Å². The molecule has 2 aromatic rings. The van der Waals surface area contributed by atoms with Crippen LogP contribution in [0.2, 0.25) is 5.15 Å². The first-order valence-corrected chi connectivity index (χ1v) is 6.81. The molecule has 0 fully saturated rings. The molecule has 0 bridgehead atoms. The molecule has 0 spiro atoms. The first-order valence-electron chi connectivity index (χ1n) is 5.64. The highest BCUT2D eigenvalue weighted by atomic mass is 79.9. The highest BCUT2D eigenvalue weighted by Crippen LogP contribution is 2.29. The summed E-state index contributed by atoms with van der Waals surface area (Å²) < 4.78 is 0.672. The van der Waals surface area contributed by atoms with Gasteiger partial charge in [0.15, 0.2) is 0 Å². The van der Waals surface area contributed by atoms with Crippen LogP contribution < -0.4 is 5.32 Å². The number of halogens is 2. The lowest BCUT2D eigenvalue weighted by molar-refractivity contribution is 1.11. The maximum absolute atomic E-state index is 5.93. The molecule has 1 aromatic carbocycles. The predicted molar refractivity (Wildman–Crippen MR) is 78.6 cm³/mol. The molecule has 18 heavy (non-hydrogen) atoms. The minimum atomic E-state index is 0.398. The molecule has 0 aliphatic carbocycles. The summed E-state index contributed by atoms with van der Waals surface area (Å²) in [5.74, 6) is 0.668. The molecule has 0 saturated heterocycles. The third-order valence-electron chi connectivity index (χ3n) is 2.74. The monoisotopic (exact) mass is 325 g/mol. The van der Waals surface area contributed by atoms with Crippen molar-refractivity contribution in [1.29, 1.82) is 0 Å². The Balaban J connectivity index is 2.31. The summed E-state index contributed by atoms with van der Waals surface area (Å²) >= 11 is 9.29. The molecule has 1 heterocycles. The zero-order valence-electron chi connectivity index (χ0n) is 10.2. The summed E-state index contributed by atoms with van der Waals surface area (Å²) in [4.78, 5) is 8.06. The molecule has 0 radical (unpaired) electrons. The fourth-order valence-corrected chi connectivity index (χ4v) is 2.14. The molecule has 0 unspecified atom stereocenters. The molecular weight excluding hydrogens is 314 g/mol. The lowest BCUT2D eigenvalue weighted by atomic mass is 10.1. The molecule has 0 aliphatic rings. The fourth-order valence-electron chi connectivity index (χ4n) is 1.70. The van der Waals surface area contributed by atoms with Crippen LogP contribution in [0.25, 0.3) is 0 Å². The summed E-state index contributed by atoms with van der Waals surface area (Å²) in [5, 5.41) is 3.63. The van der Waals surface area contributed by atoms with E-state index in [1.54, 1.807) is 0 Å². The number of rotatable bonds is 3. The van der Waals surface area contributed by atoms with Crippen molar-refractivity contribution in [3.05, 3.63) is 45.3 Å². The minimum Gasteiger partial charge on any atom is -0.339 e. The molecular formula is C13H13BrClN3. The summed E-state index contributed by atoms with van der Waals surface area (Å²) in [6.45, 7) is 4.25. The minimum absolute atomic E-state index is 0.398. The molecule has 1 N–H and O–H groups in total. The molecule has 2 rings (SSSR count). The van der Waals surface area contributed by atoms with Crippen molar-refractivity contribution in [2.45, 2.75) is 20.3 Å². The van der Waals surface area contributed by atoms with Crippen LogP contribution in [-0.2, 0) is 6.42 Å². The van der Waals surface area contributed by atoms with Crippen LogP contribution in [0.5, 0.6) is 0 Å². The summed E-state index contributed by atoms with van der Waals surface area (Å²) in [5.41, 5.74) is 3.60. The number of nitrogens with one attached hydrogen (secondary N) is 1. The summed E-state index contributed by atoms with van der Waals surface area (Å²) in [6, 6.07) is 6.24. The first-order chi connectivity index (χ1) is 8.61. The van der Waals surface area contributed by atoms with Crippen LogP contribution in [0.3, 0.4) is 0 Å². The van der Waals surface area contributed by atoms with E-state index in [0.29, 0.717) is 15.4 Å². The van der Waals surface area contributed by atoms with Crippen molar-refractivity contribution in [2.24, 2.45) is 0 Å². The van der Waals surface area contributed by atoms with E-state index in [2.05, 4.69) is 57.2 Å². The number of hydrogen-bond acceptors (Lipinski definition) is 3. The molecule has 0 atom stereocenters. The Morgan fingerprint density at radius 2 is 2.11 bits per heavy atom. The van der Waals surface area contributed by atoms with Gasteiger partial charge in [0, 0.05) is 5.69 Å². The van der Waals surface area contributed by atoms with E-state index < -0.39 is 0 Å². The van der Waals surface area contributed by atoms with E-state index in [1.165, 1.54) is 17.5 Å². The smallest absolute Gasteiger partial charge is 0.149 e. The van der Waals surface area contributed by atoms with Gasteiger partial charge in [-0.15, -0.1) is 0 Å². The summed E-state index contributed by atoms with van der Waals surface area (Å²) in [7, 11) is 0. The number of benzene rings is 1. The fraction of sp³-hybridized carbons (Fsp3) is 0.231. The lowest BCUT2D eigenvalue weighted by Crippen LogP contribution is -1.97. The van der Waals surface area contributed by atoms with Gasteiger partial charge >= 0.3 is 0 Å². The molecule has 1 aromatic heterocycles. The zero-order chi connectivity index (χ0) is 13.1. The van der Waals surface area contributed by atoms with Crippen LogP contribution in [0.4, 0.5) is 11.5 Å². The number of hydrogen-bond donors (Lipinski definition) is 1. The average molecular weight is 327 g/mol. The molecule has 0 aliphatic heterocycles. The second kappa shape index (κ2) is 5.67. The van der Waals surface area contributed by atoms with Crippen LogP contribution >= 0.6 is 27.5 Å². The van der Waals surface area contributed by atoms with Gasteiger partial charge in [0.2, 0.25) is 0 Å². The van der Waals surface area contributed by atoms with Crippen molar-refractivity contribution in [1.82, 2.24) is 9.97 Å². The Morgan fingerprint density at radius 3 is 2.83 bits per heavy atom. The van der Waals surface area contributed by atoms with E-state index in [1.807, 2.05) is 6.07 Å². The number of anilines is 2. The normalized spacial score (nSPS) is 10.4. The third-order valence-corrected chi connectivity index (χ3v) is 4.01. The first kappa shape index (κ1) is 13.3. The standard InChI is InChI=1S/C13H13BrClN3/c1-3-9-6-10(5-4-8(9)2)18-13-11(14)12(15)16-7-17-13/h4-7H,3H2,1-2H3,(H,16,17,18). The maximum atomic E-state index is 5.93. The zero-order valence-corrected chi connectivity index (χ0v) is 12.5. The van der Waals surface area contributed by atoms with Gasteiger partial charge in [0.05, 0.1) is 4.47 Å². The molecule has 5 heteroatoms. The van der Waals surface area contributed by atoms with E-state index in [-0.39, 0.29) is 0 Å². The van der Waals surface area contributed by atoms with Crippen LogP contribution in [0.1, 0.15) is 18.1 Å². The Hall–Kier alpha value is -1.13. The maximum Gasteiger partial charge on any atom is 0.149 e. The van der Waals surface area contributed by atoms with E-state index in [0.717, 1.165) is 12.1 Å². The third kappa shape index (κ3) is 2.82. The average Bonchev–Trinajstić information content (AvgIpc) is 2.37. The van der Waals surface area contributed by atoms with Gasteiger partial charge < -0.3 is 5.32 Å². The van der Waals surface area contributed by atoms with Crippen LogP contribution in [0, 0.1) is 6.92 Å². The molecule has 0 saturated carbocycles. The molecule has 94 valence electrons. The Labute approximate surface area is 120 Å². The van der Waals surface area contributed by atoms with Gasteiger partial charge in [-0.1, -0.05) is 24.6 Å². The van der Waals surface area contributed by atoms with Crippen molar-refractivity contribution in [2.75, 3.05) is 5.32 Å². The predicted octanol–water partition coefficient (Wildman–Crippen LogP) is 4.51. The van der Waals surface area contributed by atoms with Crippen molar-refractivity contribution >= 4 is 39.0 Å². The van der Waals surface area contributed by atoms with Crippen molar-refractivity contribution < 1.29 is 0 Å². The van der Waals surface area contributed by atoms with Crippen LogP contribution in [0.15, 0.2) is 29.0 Å². The van der Waals surface area contributed by atoms with Gasteiger partial charge in [-0.25, -0.2) is 9.97 Å². The number of nitrogens with zero attached hydrogens (tertiary/aromatic N) is 2. The van der Waals surface area contributed by atoms with Crippen molar-refractivity contribution in [3.8, 4) is 0 Å². The molecule has 3 nitrogen and oxygen atoms in total. The summed E-state index contributed by atoms with van der Waals surface area (Å²) in [6.07, 6.45) is 2.44. The van der Waals surface area contributed by atoms with Crippen LogP contribution in [-0.4, -0.2) is 9.97 Å². The van der Waals surface area contributed by atoms with Gasteiger partial charge in [-0.05, 0) is 52.5 Å². The number of aryl methyl sites for hydroxylation is 2. The van der Waals surface area contributed by atoms with Gasteiger partial charge in [0.1, 0.15) is 17.3 Å². The van der Waals surface area contributed by atoms with E-state index >= 15 is 0 Å². The second-order valence-electron chi connectivity index (χ2n) is 3.95. The number of aromatic nitrogens is 2. The van der Waals surface area contributed by atoms with Gasteiger partial charge in [0.25, 0.3) is 0 Å². The van der Waals surface area contributed by atoms with Gasteiger partial charge in [-0.3, -0.25) is 0 Å². The highest BCUT2D eigenvalue weighted by molar-refractivity contribution is 9.10. The SMILES string of the molecule is CCc1cc(Nc2ncnc(Cl)c2Br)ccc1C. The molecule has 0 amide bonds. The van der Waals surface area contributed by atoms with Crippen molar-refractivity contribution in [3.63, 3.8) is 0 Å².